The lowest BCUT2D eigenvalue weighted by molar-refractivity contribution is -0.383. The van der Waals surface area contributed by atoms with Gasteiger partial charge in [-0.1, -0.05) is 37.3 Å². The van der Waals surface area contributed by atoms with Crippen LogP contribution in [0, 0.1) is 16.0 Å². The van der Waals surface area contributed by atoms with Crippen LogP contribution in [-0.4, -0.2) is 11.5 Å². The number of halogens is 1. The molecule has 0 bridgehead atoms. The topological polar surface area (TPSA) is 55.2 Å². The first-order chi connectivity index (χ1) is 9.16. The van der Waals surface area contributed by atoms with Gasteiger partial charge in [-0.05, 0) is 30.9 Å². The fraction of sp³-hybridized carbons (Fsp3) is 0.571. The molecule has 0 radical (unpaired) electrons. The first-order valence-electron chi connectivity index (χ1n) is 6.84. The number of nitrogens with zero attached hydrogens (tertiary/aromatic N) is 1. The second kappa shape index (κ2) is 6.75. The lowest BCUT2D eigenvalue weighted by atomic mass is 10.0. The SMILES string of the molecule is O=[N+]([O-])c1cc(Cl)ccc1NCC1CCCCCC1. The van der Waals surface area contributed by atoms with E-state index in [2.05, 4.69) is 5.32 Å². The summed E-state index contributed by atoms with van der Waals surface area (Å²) in [6.07, 6.45) is 7.61. The summed E-state index contributed by atoms with van der Waals surface area (Å²) < 4.78 is 0. The van der Waals surface area contributed by atoms with E-state index in [-0.39, 0.29) is 10.6 Å². The predicted molar refractivity (Wildman–Crippen MR) is 77.8 cm³/mol. The molecule has 1 aliphatic rings. The van der Waals surface area contributed by atoms with Crippen LogP contribution in [0.25, 0.3) is 0 Å². The minimum Gasteiger partial charge on any atom is -0.379 e. The van der Waals surface area contributed by atoms with E-state index in [1.54, 1.807) is 12.1 Å². The standard InChI is InChI=1S/C14H19ClN2O2/c15-12-7-8-13(14(9-12)17(18)19)16-10-11-5-3-1-2-4-6-11/h7-9,11,16H,1-6,10H2. The predicted octanol–water partition coefficient (Wildman–Crippen LogP) is 4.63. The van der Waals surface area contributed by atoms with Gasteiger partial charge in [-0.25, -0.2) is 0 Å². The van der Waals surface area contributed by atoms with Crippen LogP contribution in [0.3, 0.4) is 0 Å². The third-order valence-corrected chi connectivity index (χ3v) is 3.95. The fourth-order valence-electron chi connectivity index (χ4n) is 2.63. The van der Waals surface area contributed by atoms with Crippen LogP contribution < -0.4 is 5.32 Å². The van der Waals surface area contributed by atoms with Crippen molar-refractivity contribution in [3.63, 3.8) is 0 Å². The van der Waals surface area contributed by atoms with Gasteiger partial charge in [0.1, 0.15) is 5.69 Å². The molecule has 0 unspecified atom stereocenters. The summed E-state index contributed by atoms with van der Waals surface area (Å²) in [6.45, 7) is 0.808. The molecule has 0 aliphatic heterocycles. The largest absolute Gasteiger partial charge is 0.379 e. The summed E-state index contributed by atoms with van der Waals surface area (Å²) >= 11 is 5.80. The van der Waals surface area contributed by atoms with Crippen LogP contribution in [-0.2, 0) is 0 Å². The number of rotatable bonds is 4. The Morgan fingerprint density at radius 1 is 1.26 bits per heavy atom. The van der Waals surface area contributed by atoms with Crippen molar-refractivity contribution in [2.24, 2.45) is 5.92 Å². The Labute approximate surface area is 118 Å². The number of benzene rings is 1. The third-order valence-electron chi connectivity index (χ3n) is 3.71. The lowest BCUT2D eigenvalue weighted by Crippen LogP contribution is -2.14. The Hall–Kier alpha value is -1.29. The molecule has 0 spiro atoms. The Bertz CT molecular complexity index is 443. The number of anilines is 1. The number of hydrogen-bond donors (Lipinski definition) is 1. The Morgan fingerprint density at radius 2 is 1.95 bits per heavy atom. The monoisotopic (exact) mass is 282 g/mol. The van der Waals surface area contributed by atoms with E-state index in [0.717, 1.165) is 6.54 Å². The molecule has 1 aliphatic carbocycles. The molecule has 0 heterocycles. The summed E-state index contributed by atoms with van der Waals surface area (Å²) in [5.74, 6) is 0.623. The molecular formula is C14H19ClN2O2. The first-order valence-corrected chi connectivity index (χ1v) is 7.22. The molecule has 1 saturated carbocycles. The minimum atomic E-state index is -0.388. The van der Waals surface area contributed by atoms with Crippen molar-refractivity contribution in [3.8, 4) is 0 Å². The van der Waals surface area contributed by atoms with Crippen LogP contribution in [0.15, 0.2) is 18.2 Å². The quantitative estimate of drug-likeness (QED) is 0.497. The van der Waals surface area contributed by atoms with Crippen LogP contribution in [0.1, 0.15) is 38.5 Å². The summed E-state index contributed by atoms with van der Waals surface area (Å²) in [4.78, 5) is 10.6. The molecule has 0 aromatic heterocycles. The molecule has 0 saturated heterocycles. The average Bonchev–Trinajstić information content (AvgIpc) is 2.65. The van der Waals surface area contributed by atoms with Crippen molar-refractivity contribution in [2.75, 3.05) is 11.9 Å². The molecule has 0 atom stereocenters. The van der Waals surface area contributed by atoms with Crippen LogP contribution >= 0.6 is 11.6 Å². The van der Waals surface area contributed by atoms with Crippen molar-refractivity contribution >= 4 is 23.0 Å². The minimum absolute atomic E-state index is 0.0566. The molecule has 2 rings (SSSR count). The number of nitro groups is 1. The van der Waals surface area contributed by atoms with Crippen LogP contribution in [0.2, 0.25) is 5.02 Å². The molecule has 1 N–H and O–H groups in total. The summed E-state index contributed by atoms with van der Waals surface area (Å²) in [6, 6.07) is 4.78. The van der Waals surface area contributed by atoms with E-state index in [4.69, 9.17) is 11.6 Å². The lowest BCUT2D eigenvalue weighted by Gasteiger charge is -2.15. The highest BCUT2D eigenvalue weighted by atomic mass is 35.5. The van der Waals surface area contributed by atoms with Gasteiger partial charge in [-0.2, -0.15) is 0 Å². The highest BCUT2D eigenvalue weighted by Crippen LogP contribution is 2.29. The van der Waals surface area contributed by atoms with Gasteiger partial charge in [0, 0.05) is 17.6 Å². The van der Waals surface area contributed by atoms with Gasteiger partial charge < -0.3 is 5.32 Å². The van der Waals surface area contributed by atoms with Gasteiger partial charge in [-0.15, -0.1) is 0 Å². The zero-order chi connectivity index (χ0) is 13.7. The first kappa shape index (κ1) is 14.1. The van der Waals surface area contributed by atoms with Crippen molar-refractivity contribution in [1.29, 1.82) is 0 Å². The maximum absolute atomic E-state index is 11.0. The van der Waals surface area contributed by atoms with E-state index >= 15 is 0 Å². The van der Waals surface area contributed by atoms with Gasteiger partial charge in [0.2, 0.25) is 0 Å². The average molecular weight is 283 g/mol. The highest BCUT2D eigenvalue weighted by molar-refractivity contribution is 6.30. The molecule has 1 fully saturated rings. The van der Waals surface area contributed by atoms with Crippen LogP contribution in [0.4, 0.5) is 11.4 Å². The highest BCUT2D eigenvalue weighted by Gasteiger charge is 2.16. The third kappa shape index (κ3) is 4.10. The Morgan fingerprint density at radius 3 is 2.58 bits per heavy atom. The van der Waals surface area contributed by atoms with E-state index < -0.39 is 0 Å². The van der Waals surface area contributed by atoms with Crippen molar-refractivity contribution in [3.05, 3.63) is 33.3 Å². The number of hydrogen-bond acceptors (Lipinski definition) is 3. The molecule has 5 heteroatoms. The van der Waals surface area contributed by atoms with Gasteiger partial charge in [0.25, 0.3) is 5.69 Å². The van der Waals surface area contributed by atoms with E-state index in [9.17, 15) is 10.1 Å². The fourth-order valence-corrected chi connectivity index (χ4v) is 2.79. The summed E-state index contributed by atoms with van der Waals surface area (Å²) in [5, 5.41) is 14.6. The number of nitrogens with one attached hydrogen (secondary N) is 1. The van der Waals surface area contributed by atoms with Gasteiger partial charge >= 0.3 is 0 Å². The van der Waals surface area contributed by atoms with E-state index in [1.165, 1.54) is 44.6 Å². The van der Waals surface area contributed by atoms with Gasteiger partial charge in [-0.3, -0.25) is 10.1 Å². The maximum atomic E-state index is 11.0. The molecule has 19 heavy (non-hydrogen) atoms. The maximum Gasteiger partial charge on any atom is 0.293 e. The van der Waals surface area contributed by atoms with Crippen molar-refractivity contribution < 1.29 is 4.92 Å². The summed E-state index contributed by atoms with van der Waals surface area (Å²) in [7, 11) is 0. The number of nitro benzene ring substituents is 1. The van der Waals surface area contributed by atoms with Gasteiger partial charge in [0.05, 0.1) is 4.92 Å². The molecule has 104 valence electrons. The Kier molecular flexibility index (Phi) is 5.02. The molecule has 0 amide bonds. The summed E-state index contributed by atoms with van der Waals surface area (Å²) in [5.41, 5.74) is 0.625. The second-order valence-electron chi connectivity index (χ2n) is 5.16. The zero-order valence-electron chi connectivity index (χ0n) is 10.9. The normalized spacial score (nSPS) is 16.9. The second-order valence-corrected chi connectivity index (χ2v) is 5.59. The Balaban J connectivity index is 2.00. The smallest absolute Gasteiger partial charge is 0.293 e. The molecular weight excluding hydrogens is 264 g/mol. The molecule has 1 aromatic rings. The van der Waals surface area contributed by atoms with Crippen LogP contribution in [0.5, 0.6) is 0 Å². The van der Waals surface area contributed by atoms with Crippen molar-refractivity contribution in [2.45, 2.75) is 38.5 Å². The van der Waals surface area contributed by atoms with Gasteiger partial charge in [0.15, 0.2) is 0 Å². The zero-order valence-corrected chi connectivity index (χ0v) is 11.7. The van der Waals surface area contributed by atoms with E-state index in [0.29, 0.717) is 16.6 Å². The van der Waals surface area contributed by atoms with Crippen molar-refractivity contribution in [1.82, 2.24) is 0 Å². The van der Waals surface area contributed by atoms with E-state index in [1.807, 2.05) is 0 Å². The molecule has 4 nitrogen and oxygen atoms in total. The molecule has 1 aromatic carbocycles.